The van der Waals surface area contributed by atoms with E-state index in [1.807, 2.05) is 0 Å². The third kappa shape index (κ3) is 4.43. The molecule has 0 aliphatic carbocycles. The van der Waals surface area contributed by atoms with Gasteiger partial charge in [-0.1, -0.05) is 12.1 Å². The smallest absolute Gasteiger partial charge is 0.246 e. The van der Waals surface area contributed by atoms with E-state index in [0.29, 0.717) is 12.2 Å². The van der Waals surface area contributed by atoms with E-state index in [9.17, 15) is 14.3 Å². The Morgan fingerprint density at radius 2 is 2.06 bits per heavy atom. The predicted octanol–water partition coefficient (Wildman–Crippen LogP) is 1.19. The number of hydrogen-bond acceptors (Lipinski definition) is 3. The molecule has 4 nitrogen and oxygen atoms in total. The Hall–Kier alpha value is -1.46. The van der Waals surface area contributed by atoms with Gasteiger partial charge >= 0.3 is 0 Å². The molecule has 5 heteroatoms. The number of carbonyl (C=O) groups excluding carboxylic acids is 1. The van der Waals surface area contributed by atoms with Crippen LogP contribution in [0.4, 0.5) is 4.39 Å². The average molecular weight is 255 g/mol. The van der Waals surface area contributed by atoms with Crippen LogP contribution in [0, 0.1) is 5.82 Å². The second-order valence-corrected chi connectivity index (χ2v) is 4.19. The quantitative estimate of drug-likeness (QED) is 0.802. The molecule has 1 aromatic rings. The van der Waals surface area contributed by atoms with Gasteiger partial charge in [-0.2, -0.15) is 0 Å². The Balaban J connectivity index is 2.54. The standard InChI is InChI=1S/C13H18FNO3/c1-3-18-8-12(16)15-9-13(2,17)10-4-6-11(14)7-5-10/h4-7,17H,3,8-9H2,1-2H3,(H,15,16). The van der Waals surface area contributed by atoms with Crippen molar-refractivity contribution in [3.63, 3.8) is 0 Å². The third-order valence-corrected chi connectivity index (χ3v) is 2.53. The molecular weight excluding hydrogens is 237 g/mol. The molecule has 0 spiro atoms. The van der Waals surface area contributed by atoms with Gasteiger partial charge in [0.25, 0.3) is 0 Å². The van der Waals surface area contributed by atoms with E-state index in [0.717, 1.165) is 0 Å². The number of benzene rings is 1. The lowest BCUT2D eigenvalue weighted by molar-refractivity contribution is -0.126. The van der Waals surface area contributed by atoms with Crippen LogP contribution in [0.1, 0.15) is 19.4 Å². The molecule has 18 heavy (non-hydrogen) atoms. The van der Waals surface area contributed by atoms with Gasteiger partial charge in [0, 0.05) is 6.61 Å². The summed E-state index contributed by atoms with van der Waals surface area (Å²) in [5.74, 6) is -0.658. The summed E-state index contributed by atoms with van der Waals surface area (Å²) in [4.78, 5) is 11.3. The fraction of sp³-hybridized carbons (Fsp3) is 0.462. The topological polar surface area (TPSA) is 58.6 Å². The summed E-state index contributed by atoms with van der Waals surface area (Å²) in [7, 11) is 0. The molecule has 2 N–H and O–H groups in total. The first-order valence-electron chi connectivity index (χ1n) is 5.78. The zero-order valence-electron chi connectivity index (χ0n) is 10.6. The molecule has 1 atom stereocenters. The highest BCUT2D eigenvalue weighted by molar-refractivity contribution is 5.77. The number of hydrogen-bond donors (Lipinski definition) is 2. The van der Waals surface area contributed by atoms with Crippen molar-refractivity contribution >= 4 is 5.91 Å². The first-order chi connectivity index (χ1) is 8.45. The summed E-state index contributed by atoms with van der Waals surface area (Å²) in [5, 5.41) is 12.7. The molecule has 0 saturated heterocycles. The summed E-state index contributed by atoms with van der Waals surface area (Å²) in [6, 6.07) is 5.52. The lowest BCUT2D eigenvalue weighted by atomic mass is 9.96. The summed E-state index contributed by atoms with van der Waals surface area (Å²) in [6.45, 7) is 3.82. The van der Waals surface area contributed by atoms with Crippen molar-refractivity contribution in [2.45, 2.75) is 19.4 Å². The zero-order valence-corrected chi connectivity index (χ0v) is 10.6. The molecule has 0 aliphatic rings. The number of nitrogens with one attached hydrogen (secondary N) is 1. The second kappa shape index (κ2) is 6.47. The van der Waals surface area contributed by atoms with Crippen molar-refractivity contribution < 1.29 is 19.0 Å². The van der Waals surface area contributed by atoms with Gasteiger partial charge in [-0.3, -0.25) is 4.79 Å². The first kappa shape index (κ1) is 14.6. The number of amides is 1. The van der Waals surface area contributed by atoms with Crippen LogP contribution in [0.3, 0.4) is 0 Å². The molecular formula is C13H18FNO3. The molecule has 0 radical (unpaired) electrons. The maximum Gasteiger partial charge on any atom is 0.246 e. The zero-order chi connectivity index (χ0) is 13.6. The van der Waals surface area contributed by atoms with E-state index >= 15 is 0 Å². The van der Waals surface area contributed by atoms with Crippen molar-refractivity contribution in [3.05, 3.63) is 35.6 Å². The van der Waals surface area contributed by atoms with Crippen LogP contribution in [0.15, 0.2) is 24.3 Å². The molecule has 1 amide bonds. The minimum atomic E-state index is -1.24. The van der Waals surface area contributed by atoms with Gasteiger partial charge in [0.05, 0.1) is 6.54 Å². The Bertz CT molecular complexity index is 390. The SMILES string of the molecule is CCOCC(=O)NCC(C)(O)c1ccc(F)cc1. The van der Waals surface area contributed by atoms with Crippen LogP contribution in [0.2, 0.25) is 0 Å². The van der Waals surface area contributed by atoms with Gasteiger partial charge in [0.1, 0.15) is 18.0 Å². The molecule has 1 aromatic carbocycles. The van der Waals surface area contributed by atoms with Gasteiger partial charge in [-0.15, -0.1) is 0 Å². The fourth-order valence-electron chi connectivity index (χ4n) is 1.43. The molecule has 0 aromatic heterocycles. The van der Waals surface area contributed by atoms with Crippen molar-refractivity contribution in [1.82, 2.24) is 5.32 Å². The largest absolute Gasteiger partial charge is 0.384 e. The van der Waals surface area contributed by atoms with Crippen LogP contribution in [-0.2, 0) is 15.1 Å². The lowest BCUT2D eigenvalue weighted by Gasteiger charge is -2.24. The van der Waals surface area contributed by atoms with E-state index in [2.05, 4.69) is 5.32 Å². The summed E-state index contributed by atoms with van der Waals surface area (Å²) < 4.78 is 17.7. The summed E-state index contributed by atoms with van der Waals surface area (Å²) >= 11 is 0. The number of carbonyl (C=O) groups is 1. The number of aliphatic hydroxyl groups is 1. The third-order valence-electron chi connectivity index (χ3n) is 2.53. The number of rotatable bonds is 6. The number of ether oxygens (including phenoxy) is 1. The summed E-state index contributed by atoms with van der Waals surface area (Å²) in [6.07, 6.45) is 0. The minimum Gasteiger partial charge on any atom is -0.384 e. The van der Waals surface area contributed by atoms with Crippen molar-refractivity contribution in [2.75, 3.05) is 19.8 Å². The maximum atomic E-state index is 12.8. The molecule has 0 bridgehead atoms. The Labute approximate surface area is 106 Å². The molecule has 1 unspecified atom stereocenters. The molecule has 0 aliphatic heterocycles. The van der Waals surface area contributed by atoms with E-state index in [1.54, 1.807) is 13.8 Å². The average Bonchev–Trinajstić information content (AvgIpc) is 2.34. The Morgan fingerprint density at radius 3 is 2.61 bits per heavy atom. The molecule has 0 heterocycles. The fourth-order valence-corrected chi connectivity index (χ4v) is 1.43. The lowest BCUT2D eigenvalue weighted by Crippen LogP contribution is -2.40. The Kier molecular flexibility index (Phi) is 5.25. The van der Waals surface area contributed by atoms with E-state index in [4.69, 9.17) is 4.74 Å². The van der Waals surface area contributed by atoms with Crippen LogP contribution in [-0.4, -0.2) is 30.8 Å². The normalized spacial score (nSPS) is 14.0. The molecule has 0 fully saturated rings. The van der Waals surface area contributed by atoms with Crippen LogP contribution in [0.25, 0.3) is 0 Å². The van der Waals surface area contributed by atoms with Gasteiger partial charge in [-0.25, -0.2) is 4.39 Å². The first-order valence-corrected chi connectivity index (χ1v) is 5.78. The van der Waals surface area contributed by atoms with Crippen molar-refractivity contribution in [3.8, 4) is 0 Å². The molecule has 100 valence electrons. The summed E-state index contributed by atoms with van der Waals surface area (Å²) in [5.41, 5.74) is -0.698. The Morgan fingerprint density at radius 1 is 1.44 bits per heavy atom. The number of halogens is 1. The van der Waals surface area contributed by atoms with Gasteiger partial charge in [-0.05, 0) is 31.5 Å². The highest BCUT2D eigenvalue weighted by atomic mass is 19.1. The van der Waals surface area contributed by atoms with Crippen LogP contribution >= 0.6 is 0 Å². The van der Waals surface area contributed by atoms with Gasteiger partial charge in [0.15, 0.2) is 0 Å². The van der Waals surface area contributed by atoms with Crippen LogP contribution in [0.5, 0.6) is 0 Å². The van der Waals surface area contributed by atoms with E-state index in [-0.39, 0.29) is 24.9 Å². The van der Waals surface area contributed by atoms with Gasteiger partial charge < -0.3 is 15.2 Å². The maximum absolute atomic E-state index is 12.8. The highest BCUT2D eigenvalue weighted by Crippen LogP contribution is 2.19. The predicted molar refractivity (Wildman–Crippen MR) is 65.5 cm³/mol. The highest BCUT2D eigenvalue weighted by Gasteiger charge is 2.23. The monoisotopic (exact) mass is 255 g/mol. The molecule has 0 saturated carbocycles. The van der Waals surface area contributed by atoms with E-state index in [1.165, 1.54) is 24.3 Å². The molecule has 1 rings (SSSR count). The van der Waals surface area contributed by atoms with Gasteiger partial charge in [0.2, 0.25) is 5.91 Å². The second-order valence-electron chi connectivity index (χ2n) is 4.19. The van der Waals surface area contributed by atoms with E-state index < -0.39 is 5.60 Å². The minimum absolute atomic E-state index is 0.0317. The van der Waals surface area contributed by atoms with Crippen LogP contribution < -0.4 is 5.32 Å². The van der Waals surface area contributed by atoms with Crippen molar-refractivity contribution in [1.29, 1.82) is 0 Å². The van der Waals surface area contributed by atoms with Crippen molar-refractivity contribution in [2.24, 2.45) is 0 Å².